The van der Waals surface area contributed by atoms with Crippen molar-refractivity contribution in [3.05, 3.63) is 29.3 Å². The van der Waals surface area contributed by atoms with Gasteiger partial charge < -0.3 is 15.3 Å². The summed E-state index contributed by atoms with van der Waals surface area (Å²) in [7, 11) is 3.32. The molecule has 2 amide bonds. The van der Waals surface area contributed by atoms with Crippen LogP contribution in [0, 0.1) is 6.92 Å². The Hall–Kier alpha value is -2.37. The summed E-state index contributed by atoms with van der Waals surface area (Å²) in [5.74, 6) is -1.32. The molecule has 0 spiro atoms. The molecule has 2 N–H and O–H groups in total. The number of aliphatic carboxylic acids is 1. The van der Waals surface area contributed by atoms with E-state index in [-0.39, 0.29) is 31.1 Å². The van der Waals surface area contributed by atoms with Crippen LogP contribution >= 0.6 is 0 Å². The Kier molecular flexibility index (Phi) is 5.90. The predicted octanol–water partition coefficient (Wildman–Crippen LogP) is 1.89. The normalized spacial score (nSPS) is 10.0. The zero-order valence-corrected chi connectivity index (χ0v) is 12.5. The minimum Gasteiger partial charge on any atom is -0.481 e. The number of nitrogens with zero attached hydrogens (tertiary/aromatic N) is 1. The molecule has 21 heavy (non-hydrogen) atoms. The lowest BCUT2D eigenvalue weighted by Gasteiger charge is -2.13. The number of anilines is 1. The van der Waals surface area contributed by atoms with E-state index in [9.17, 15) is 14.4 Å². The molecule has 0 heterocycles. The molecule has 0 aliphatic heterocycles. The third-order valence-electron chi connectivity index (χ3n) is 2.96. The Labute approximate surface area is 123 Å². The number of aryl methyl sites for hydroxylation is 1. The van der Waals surface area contributed by atoms with E-state index in [1.165, 1.54) is 4.90 Å². The fourth-order valence-electron chi connectivity index (χ4n) is 1.76. The van der Waals surface area contributed by atoms with Gasteiger partial charge in [-0.15, -0.1) is 0 Å². The van der Waals surface area contributed by atoms with E-state index in [2.05, 4.69) is 5.32 Å². The maximum absolute atomic E-state index is 11.9. The summed E-state index contributed by atoms with van der Waals surface area (Å²) in [4.78, 5) is 35.5. The van der Waals surface area contributed by atoms with Crippen LogP contribution in [0.2, 0.25) is 0 Å². The van der Waals surface area contributed by atoms with Crippen LogP contribution in [0.4, 0.5) is 5.69 Å². The molecule has 114 valence electrons. The number of amides is 2. The zero-order valence-electron chi connectivity index (χ0n) is 12.5. The van der Waals surface area contributed by atoms with E-state index in [0.717, 1.165) is 5.56 Å². The van der Waals surface area contributed by atoms with Gasteiger partial charge in [-0.1, -0.05) is 6.07 Å². The molecule has 1 rings (SSSR count). The van der Waals surface area contributed by atoms with Crippen LogP contribution in [0.5, 0.6) is 0 Å². The number of carbonyl (C=O) groups excluding carboxylic acids is 2. The standard InChI is InChI=1S/C15H20N2O4/c1-10-7-8-11(15(21)17(2)3)9-12(10)16-13(18)5-4-6-14(19)20/h7-9H,4-6H2,1-3H3,(H,16,18)(H,19,20). The molecule has 0 aromatic heterocycles. The first-order valence-electron chi connectivity index (χ1n) is 6.65. The first kappa shape index (κ1) is 16.7. The van der Waals surface area contributed by atoms with Crippen molar-refractivity contribution in [1.29, 1.82) is 0 Å². The van der Waals surface area contributed by atoms with Crippen molar-refractivity contribution >= 4 is 23.5 Å². The summed E-state index contributed by atoms with van der Waals surface area (Å²) < 4.78 is 0. The van der Waals surface area contributed by atoms with E-state index in [1.807, 2.05) is 6.92 Å². The highest BCUT2D eigenvalue weighted by Crippen LogP contribution is 2.18. The highest BCUT2D eigenvalue weighted by atomic mass is 16.4. The molecule has 0 aliphatic carbocycles. The number of carbonyl (C=O) groups is 3. The summed E-state index contributed by atoms with van der Waals surface area (Å²) in [6.07, 6.45) is 0.389. The molecule has 0 saturated carbocycles. The van der Waals surface area contributed by atoms with Crippen molar-refractivity contribution in [1.82, 2.24) is 4.90 Å². The number of carboxylic acid groups (broad SMARTS) is 1. The number of nitrogens with one attached hydrogen (secondary N) is 1. The average molecular weight is 292 g/mol. The van der Waals surface area contributed by atoms with Crippen LogP contribution in [0.25, 0.3) is 0 Å². The van der Waals surface area contributed by atoms with Gasteiger partial charge in [-0.3, -0.25) is 14.4 Å². The van der Waals surface area contributed by atoms with Gasteiger partial charge in [0, 0.05) is 38.2 Å². The highest BCUT2D eigenvalue weighted by Gasteiger charge is 2.11. The molecule has 6 heteroatoms. The van der Waals surface area contributed by atoms with Gasteiger partial charge in [-0.05, 0) is 31.0 Å². The van der Waals surface area contributed by atoms with Crippen LogP contribution in [0.3, 0.4) is 0 Å². The summed E-state index contributed by atoms with van der Waals surface area (Å²) in [6.45, 7) is 1.83. The Morgan fingerprint density at radius 1 is 1.19 bits per heavy atom. The number of hydrogen-bond acceptors (Lipinski definition) is 3. The maximum atomic E-state index is 11.9. The zero-order chi connectivity index (χ0) is 16.0. The van der Waals surface area contributed by atoms with Crippen molar-refractivity contribution < 1.29 is 19.5 Å². The van der Waals surface area contributed by atoms with Gasteiger partial charge in [0.25, 0.3) is 5.91 Å². The van der Waals surface area contributed by atoms with E-state index >= 15 is 0 Å². The molecular weight excluding hydrogens is 272 g/mol. The second-order valence-corrected chi connectivity index (χ2v) is 5.02. The molecule has 0 radical (unpaired) electrons. The molecule has 0 saturated heterocycles. The molecule has 1 aromatic rings. The van der Waals surface area contributed by atoms with E-state index in [0.29, 0.717) is 11.3 Å². The predicted molar refractivity (Wildman–Crippen MR) is 79.3 cm³/mol. The topological polar surface area (TPSA) is 86.7 Å². The molecule has 0 atom stereocenters. The molecular formula is C15H20N2O4. The van der Waals surface area contributed by atoms with Crippen molar-refractivity contribution in [3.63, 3.8) is 0 Å². The number of rotatable bonds is 6. The first-order valence-corrected chi connectivity index (χ1v) is 6.65. The molecule has 6 nitrogen and oxygen atoms in total. The van der Waals surface area contributed by atoms with Crippen molar-refractivity contribution in [2.75, 3.05) is 19.4 Å². The minimum absolute atomic E-state index is 0.0362. The van der Waals surface area contributed by atoms with Crippen LogP contribution in [-0.2, 0) is 9.59 Å². The smallest absolute Gasteiger partial charge is 0.303 e. The van der Waals surface area contributed by atoms with Crippen LogP contribution in [0.1, 0.15) is 35.2 Å². The maximum Gasteiger partial charge on any atom is 0.303 e. The lowest BCUT2D eigenvalue weighted by Crippen LogP contribution is -2.22. The Balaban J connectivity index is 2.74. The van der Waals surface area contributed by atoms with Crippen LogP contribution in [0.15, 0.2) is 18.2 Å². The quantitative estimate of drug-likeness (QED) is 0.838. The lowest BCUT2D eigenvalue weighted by atomic mass is 10.1. The highest BCUT2D eigenvalue weighted by molar-refractivity contribution is 5.97. The molecule has 0 aliphatic rings. The molecule has 0 bridgehead atoms. The van der Waals surface area contributed by atoms with Gasteiger partial charge in [-0.2, -0.15) is 0 Å². The van der Waals surface area contributed by atoms with Gasteiger partial charge in [0.1, 0.15) is 0 Å². The lowest BCUT2D eigenvalue weighted by molar-refractivity contribution is -0.137. The molecule has 0 unspecified atom stereocenters. The van der Waals surface area contributed by atoms with Gasteiger partial charge >= 0.3 is 5.97 Å². The van der Waals surface area contributed by atoms with Crippen molar-refractivity contribution in [2.24, 2.45) is 0 Å². The fraction of sp³-hybridized carbons (Fsp3) is 0.400. The van der Waals surface area contributed by atoms with Gasteiger partial charge in [0.05, 0.1) is 0 Å². The summed E-state index contributed by atoms with van der Waals surface area (Å²) in [5, 5.41) is 11.3. The SMILES string of the molecule is Cc1ccc(C(=O)N(C)C)cc1NC(=O)CCCC(=O)O. The fourth-order valence-corrected chi connectivity index (χ4v) is 1.76. The third-order valence-corrected chi connectivity index (χ3v) is 2.96. The monoisotopic (exact) mass is 292 g/mol. The molecule has 1 aromatic carbocycles. The van der Waals surface area contributed by atoms with Gasteiger partial charge in [0.15, 0.2) is 0 Å². The first-order chi connectivity index (χ1) is 9.81. The number of benzene rings is 1. The Morgan fingerprint density at radius 2 is 1.86 bits per heavy atom. The van der Waals surface area contributed by atoms with E-state index in [4.69, 9.17) is 5.11 Å². The summed E-state index contributed by atoms with van der Waals surface area (Å²) >= 11 is 0. The van der Waals surface area contributed by atoms with Crippen LogP contribution in [-0.4, -0.2) is 41.9 Å². The Bertz CT molecular complexity index is 553. The number of carboxylic acids is 1. The summed E-state index contributed by atoms with van der Waals surface area (Å²) in [6, 6.07) is 5.11. The van der Waals surface area contributed by atoms with Crippen molar-refractivity contribution in [2.45, 2.75) is 26.2 Å². The third kappa shape index (κ3) is 5.25. The van der Waals surface area contributed by atoms with E-state index < -0.39 is 5.97 Å². The molecule has 0 fully saturated rings. The van der Waals surface area contributed by atoms with E-state index in [1.54, 1.807) is 32.3 Å². The van der Waals surface area contributed by atoms with Crippen molar-refractivity contribution in [3.8, 4) is 0 Å². The Morgan fingerprint density at radius 3 is 2.43 bits per heavy atom. The summed E-state index contributed by atoms with van der Waals surface area (Å²) in [5.41, 5.74) is 1.91. The number of hydrogen-bond donors (Lipinski definition) is 2. The minimum atomic E-state index is -0.919. The van der Waals surface area contributed by atoms with Gasteiger partial charge in [-0.25, -0.2) is 0 Å². The average Bonchev–Trinajstić information content (AvgIpc) is 2.39. The van der Waals surface area contributed by atoms with Crippen LogP contribution < -0.4 is 5.32 Å². The second kappa shape index (κ2) is 7.42. The van der Waals surface area contributed by atoms with Gasteiger partial charge in [0.2, 0.25) is 5.91 Å². The second-order valence-electron chi connectivity index (χ2n) is 5.02. The largest absolute Gasteiger partial charge is 0.481 e.